The Morgan fingerprint density at radius 3 is 1.94 bits per heavy atom. The van der Waals surface area contributed by atoms with Crippen molar-refractivity contribution in [3.05, 3.63) is 42.0 Å². The van der Waals surface area contributed by atoms with Gasteiger partial charge in [0.15, 0.2) is 0 Å². The Labute approximate surface area is 317 Å². The molecule has 0 N–H and O–H groups in total. The second kappa shape index (κ2) is 16.7. The zero-order chi connectivity index (χ0) is 37.0. The first-order chi connectivity index (χ1) is 26.4. The molecule has 4 aromatic heterocycles. The molecule has 0 spiro atoms. The van der Waals surface area contributed by atoms with Gasteiger partial charge in [-0.25, -0.2) is 0 Å². The molecule has 2 unspecified atom stereocenters. The first kappa shape index (κ1) is 36.8. The van der Waals surface area contributed by atoms with Crippen molar-refractivity contribution in [3.63, 3.8) is 0 Å². The fourth-order valence-corrected chi connectivity index (χ4v) is 8.41. The molecule has 0 radical (unpaired) electrons. The van der Waals surface area contributed by atoms with Crippen LogP contribution in [0.1, 0.15) is 76.1 Å². The van der Waals surface area contributed by atoms with Gasteiger partial charge in [0.2, 0.25) is 0 Å². The highest BCUT2D eigenvalue weighted by molar-refractivity contribution is 5.56. The van der Waals surface area contributed by atoms with E-state index in [9.17, 15) is 0 Å². The number of ether oxygens (including phenoxy) is 3. The second-order valence-corrected chi connectivity index (χ2v) is 15.4. The van der Waals surface area contributed by atoms with Crippen molar-refractivity contribution >= 4 is 12.0 Å². The maximum Gasteiger partial charge on any atom is 0.318 e. The van der Waals surface area contributed by atoms with Gasteiger partial charge in [0.05, 0.1) is 49.9 Å². The summed E-state index contributed by atoms with van der Waals surface area (Å²) in [5.74, 6) is 2.20. The van der Waals surface area contributed by atoms with E-state index >= 15 is 0 Å². The molecule has 2 atom stereocenters. The lowest BCUT2D eigenvalue weighted by Crippen LogP contribution is -2.51. The van der Waals surface area contributed by atoms with Crippen LogP contribution in [0.25, 0.3) is 22.9 Å². The molecule has 290 valence electrons. The second-order valence-electron chi connectivity index (χ2n) is 15.4. The minimum Gasteiger partial charge on any atom is -0.495 e. The van der Waals surface area contributed by atoms with E-state index in [2.05, 4.69) is 65.7 Å². The normalized spacial score (nSPS) is 21.9. The van der Waals surface area contributed by atoms with E-state index in [0.29, 0.717) is 41.8 Å². The van der Waals surface area contributed by atoms with E-state index in [0.717, 1.165) is 133 Å². The van der Waals surface area contributed by atoms with Gasteiger partial charge in [-0.2, -0.15) is 0 Å². The maximum absolute atomic E-state index is 6.31. The third-order valence-electron chi connectivity index (χ3n) is 11.6. The van der Waals surface area contributed by atoms with Crippen molar-refractivity contribution in [1.82, 2.24) is 40.2 Å². The highest BCUT2D eigenvalue weighted by Gasteiger charge is 2.33. The standard InChI is InChI=1S/C39H54N10O5/c1-26(2)33-6-5-28(23-40-33)36-42-44-38(53-36)48-13-9-31(10-14-48)49-17-20-52-32(25-49)21-27(3)35-34(50-4)22-29(24-41-35)37-43-45-39(54-37)47-11-7-30(8-12-47)46-15-18-51-19-16-46/h5-6,22-24,26-27,30-32H,7-21,25H2,1-4H3. The smallest absolute Gasteiger partial charge is 0.318 e. The Bertz CT molecular complexity index is 1800. The van der Waals surface area contributed by atoms with Gasteiger partial charge in [-0.1, -0.05) is 31.0 Å². The van der Waals surface area contributed by atoms with Gasteiger partial charge in [0.25, 0.3) is 11.8 Å². The summed E-state index contributed by atoms with van der Waals surface area (Å²) in [5, 5.41) is 17.5. The zero-order valence-electron chi connectivity index (χ0n) is 32.1. The van der Waals surface area contributed by atoms with Crippen LogP contribution in [0.2, 0.25) is 0 Å². The topological polar surface area (TPSA) is 144 Å². The lowest BCUT2D eigenvalue weighted by atomic mass is 9.96. The van der Waals surface area contributed by atoms with E-state index in [1.807, 2.05) is 30.6 Å². The van der Waals surface area contributed by atoms with Crippen molar-refractivity contribution in [1.29, 1.82) is 0 Å². The molecule has 4 aliphatic rings. The van der Waals surface area contributed by atoms with Gasteiger partial charge in [-0.05, 0) is 56.2 Å². The molecule has 8 heterocycles. The summed E-state index contributed by atoms with van der Waals surface area (Å²) in [4.78, 5) is 19.0. The molecular formula is C39H54N10O5. The summed E-state index contributed by atoms with van der Waals surface area (Å²) in [6.07, 6.45) is 8.83. The number of aromatic nitrogens is 6. The largest absolute Gasteiger partial charge is 0.495 e. The molecule has 0 aromatic carbocycles. The van der Waals surface area contributed by atoms with Gasteiger partial charge in [0, 0.05) is 88.4 Å². The Morgan fingerprint density at radius 2 is 1.33 bits per heavy atom. The predicted octanol–water partition coefficient (Wildman–Crippen LogP) is 4.87. The molecule has 0 bridgehead atoms. The molecular weight excluding hydrogens is 688 g/mol. The Kier molecular flexibility index (Phi) is 11.4. The van der Waals surface area contributed by atoms with Crippen LogP contribution in [0.4, 0.5) is 12.0 Å². The Morgan fingerprint density at radius 1 is 0.722 bits per heavy atom. The van der Waals surface area contributed by atoms with Crippen molar-refractivity contribution in [2.24, 2.45) is 0 Å². The number of pyridine rings is 2. The summed E-state index contributed by atoms with van der Waals surface area (Å²) < 4.78 is 30.0. The van der Waals surface area contributed by atoms with Crippen LogP contribution in [0.15, 0.2) is 39.4 Å². The molecule has 0 aliphatic carbocycles. The third-order valence-corrected chi connectivity index (χ3v) is 11.6. The van der Waals surface area contributed by atoms with Gasteiger partial charge in [0.1, 0.15) is 5.75 Å². The Hall–Kier alpha value is -4.18. The minimum atomic E-state index is 0.109. The van der Waals surface area contributed by atoms with Crippen LogP contribution in [0, 0.1) is 0 Å². The molecule has 15 heteroatoms. The first-order valence-corrected chi connectivity index (χ1v) is 19.8. The molecule has 4 aromatic rings. The summed E-state index contributed by atoms with van der Waals surface area (Å²) in [6, 6.07) is 8.22. The number of hydrogen-bond donors (Lipinski definition) is 0. The maximum atomic E-state index is 6.31. The fraction of sp³-hybridized carbons (Fsp3) is 0.641. The minimum absolute atomic E-state index is 0.109. The lowest BCUT2D eigenvalue weighted by molar-refractivity contribution is -0.0518. The van der Waals surface area contributed by atoms with Crippen molar-refractivity contribution < 1.29 is 23.0 Å². The van der Waals surface area contributed by atoms with Crippen molar-refractivity contribution in [2.45, 2.75) is 82.9 Å². The molecule has 4 fully saturated rings. The Balaban J connectivity index is 0.826. The quantitative estimate of drug-likeness (QED) is 0.206. The molecule has 0 amide bonds. The van der Waals surface area contributed by atoms with Crippen LogP contribution < -0.4 is 14.5 Å². The number of hydrogen-bond acceptors (Lipinski definition) is 15. The van der Waals surface area contributed by atoms with Gasteiger partial charge < -0.3 is 32.8 Å². The van der Waals surface area contributed by atoms with Gasteiger partial charge in [-0.3, -0.25) is 19.8 Å². The highest BCUT2D eigenvalue weighted by atomic mass is 16.5. The molecule has 4 aliphatic heterocycles. The monoisotopic (exact) mass is 742 g/mol. The average molecular weight is 743 g/mol. The van der Waals surface area contributed by atoms with Crippen LogP contribution in [0.5, 0.6) is 5.75 Å². The number of morpholine rings is 2. The van der Waals surface area contributed by atoms with E-state index in [-0.39, 0.29) is 12.0 Å². The number of nitrogens with zero attached hydrogens (tertiary/aromatic N) is 10. The molecule has 54 heavy (non-hydrogen) atoms. The van der Waals surface area contributed by atoms with Crippen LogP contribution in [-0.2, 0) is 9.47 Å². The van der Waals surface area contributed by atoms with Crippen molar-refractivity contribution in [3.8, 4) is 28.7 Å². The van der Waals surface area contributed by atoms with Crippen LogP contribution in [0.3, 0.4) is 0 Å². The SMILES string of the molecule is COc1cc(-c2nnc(N3CCC(N4CCOCC4)CC3)o2)cnc1C(C)CC1CN(C2CCN(c3nnc(-c4ccc(C(C)C)nc4)o3)CC2)CCO1. The average Bonchev–Trinajstić information content (AvgIpc) is 3.93. The fourth-order valence-electron chi connectivity index (χ4n) is 8.41. The summed E-state index contributed by atoms with van der Waals surface area (Å²) >= 11 is 0. The summed E-state index contributed by atoms with van der Waals surface area (Å²) in [5.41, 5.74) is 3.56. The van der Waals surface area contributed by atoms with Crippen LogP contribution in [-0.4, -0.2) is 138 Å². The first-order valence-electron chi connectivity index (χ1n) is 19.8. The van der Waals surface area contributed by atoms with Crippen molar-refractivity contribution in [2.75, 3.05) is 89.1 Å². The zero-order valence-corrected chi connectivity index (χ0v) is 32.1. The van der Waals surface area contributed by atoms with Gasteiger partial charge >= 0.3 is 12.0 Å². The number of piperidine rings is 2. The van der Waals surface area contributed by atoms with Crippen LogP contribution >= 0.6 is 0 Å². The van der Waals surface area contributed by atoms with E-state index in [4.69, 9.17) is 28.0 Å². The number of rotatable bonds is 11. The third kappa shape index (κ3) is 8.24. The highest BCUT2D eigenvalue weighted by Crippen LogP contribution is 2.34. The van der Waals surface area contributed by atoms with E-state index in [1.54, 1.807) is 7.11 Å². The molecule has 0 saturated carbocycles. The van der Waals surface area contributed by atoms with E-state index in [1.165, 1.54) is 0 Å². The predicted molar refractivity (Wildman–Crippen MR) is 203 cm³/mol. The van der Waals surface area contributed by atoms with E-state index < -0.39 is 0 Å². The molecule has 8 rings (SSSR count). The van der Waals surface area contributed by atoms with Gasteiger partial charge in [-0.15, -0.1) is 10.2 Å². The molecule has 4 saturated heterocycles. The molecule has 15 nitrogen and oxygen atoms in total. The number of anilines is 2. The lowest BCUT2D eigenvalue weighted by Gasteiger charge is -2.42. The summed E-state index contributed by atoms with van der Waals surface area (Å²) in [6.45, 7) is 16.3. The number of methoxy groups -OCH3 is 1. The summed E-state index contributed by atoms with van der Waals surface area (Å²) in [7, 11) is 1.69.